The normalized spacial score (nSPS) is 27.8. The van der Waals surface area contributed by atoms with Crippen molar-refractivity contribution in [2.75, 3.05) is 20.3 Å². The van der Waals surface area contributed by atoms with Crippen LogP contribution in [0.2, 0.25) is 0 Å². The van der Waals surface area contributed by atoms with Gasteiger partial charge in [-0.15, -0.1) is 0 Å². The number of phenols is 1. The number of carboxylic acids is 1. The number of aliphatic imine (C=N–C) groups is 3. The second-order valence-electron chi connectivity index (χ2n) is 11.5. The van der Waals surface area contributed by atoms with Crippen molar-refractivity contribution in [1.29, 1.82) is 5.41 Å². The predicted octanol–water partition coefficient (Wildman–Crippen LogP) is 0.675. The minimum Gasteiger partial charge on any atom is -0.507 e. The molecule has 1 unspecified atom stereocenters. The fraction of sp³-hybridized carbons (Fsp3) is 0.344. The lowest BCUT2D eigenvalue weighted by atomic mass is 9.80. The number of aromatic hydroxyl groups is 1. The molecule has 0 spiro atoms. The van der Waals surface area contributed by atoms with E-state index in [9.17, 15) is 40.5 Å². The number of rotatable bonds is 11. The Morgan fingerprint density at radius 1 is 1.18 bits per heavy atom. The number of carboxylic acid groups (broad SMARTS) is 1. The molecule has 0 aliphatic carbocycles. The van der Waals surface area contributed by atoms with Crippen LogP contribution in [0.4, 0.5) is 0 Å². The lowest BCUT2D eigenvalue weighted by molar-refractivity contribution is -0.303. The summed E-state index contributed by atoms with van der Waals surface area (Å²) in [6, 6.07) is 7.73. The number of ether oxygens (including phenoxy) is 5. The molecule has 6 rings (SSSR count). The van der Waals surface area contributed by atoms with Crippen molar-refractivity contribution in [3.63, 3.8) is 0 Å². The SMILES string of the molecule is COc1c(O[C@@H]2O[C@H](C(=O)O)[C@](O)(CC3=NC=NC3)[C@@H](O)[C@H]2O)cc2c(c1O)C(O)=CC(c1ccc(OC[C@H](O)C3=NC(=N)C=C3)cc1)O2. The number of amidine groups is 1. The average molecular weight is 681 g/mol. The highest BCUT2D eigenvalue weighted by Crippen LogP contribution is 2.51. The average Bonchev–Trinajstić information content (AvgIpc) is 3.75. The lowest BCUT2D eigenvalue weighted by Gasteiger charge is -2.46. The first kappa shape index (κ1) is 33.6. The number of hydrogen-bond acceptors (Lipinski definition) is 15. The number of aliphatic hydroxyl groups excluding tert-OH is 4. The van der Waals surface area contributed by atoms with Gasteiger partial charge in [-0.05, 0) is 29.8 Å². The molecule has 17 heteroatoms. The highest BCUT2D eigenvalue weighted by molar-refractivity contribution is 6.15. The number of benzene rings is 2. The molecule has 7 atom stereocenters. The molecule has 4 aliphatic rings. The Bertz CT molecular complexity index is 1800. The van der Waals surface area contributed by atoms with E-state index in [4.69, 9.17) is 29.1 Å². The van der Waals surface area contributed by atoms with Crippen molar-refractivity contribution >= 4 is 35.3 Å². The van der Waals surface area contributed by atoms with Gasteiger partial charge in [-0.3, -0.25) is 10.4 Å². The zero-order valence-corrected chi connectivity index (χ0v) is 25.7. The van der Waals surface area contributed by atoms with E-state index in [2.05, 4.69) is 15.0 Å². The summed E-state index contributed by atoms with van der Waals surface area (Å²) in [6.07, 6.45) is -4.88. The molecular formula is C32H32N4O13. The summed E-state index contributed by atoms with van der Waals surface area (Å²) >= 11 is 0. The fourth-order valence-electron chi connectivity index (χ4n) is 5.73. The Kier molecular flexibility index (Phi) is 9.10. The van der Waals surface area contributed by atoms with E-state index in [0.29, 0.717) is 17.0 Å². The van der Waals surface area contributed by atoms with E-state index < -0.39 is 60.6 Å². The van der Waals surface area contributed by atoms with Gasteiger partial charge in [0.05, 0.1) is 19.4 Å². The molecule has 4 heterocycles. The van der Waals surface area contributed by atoms with E-state index in [0.717, 1.165) is 0 Å². The summed E-state index contributed by atoms with van der Waals surface area (Å²) < 4.78 is 28.2. The van der Waals surface area contributed by atoms with Gasteiger partial charge in [-0.2, -0.15) is 0 Å². The summed E-state index contributed by atoms with van der Waals surface area (Å²) in [5.41, 5.74) is -1.52. The number of nitrogens with zero attached hydrogens (tertiary/aromatic N) is 3. The maximum atomic E-state index is 12.2. The maximum Gasteiger partial charge on any atom is 0.336 e. The van der Waals surface area contributed by atoms with Gasteiger partial charge >= 0.3 is 5.97 Å². The number of phenolic OH excluding ortho intramolecular Hbond substituents is 1. The van der Waals surface area contributed by atoms with Gasteiger partial charge < -0.3 is 59.4 Å². The first-order valence-electron chi connectivity index (χ1n) is 14.8. The quantitative estimate of drug-likeness (QED) is 0.162. The molecular weight excluding hydrogens is 648 g/mol. The molecule has 2 aromatic rings. The molecule has 258 valence electrons. The van der Waals surface area contributed by atoms with Crippen LogP contribution in [0.1, 0.15) is 23.7 Å². The zero-order valence-electron chi connectivity index (χ0n) is 25.7. The van der Waals surface area contributed by atoms with E-state index in [1.165, 1.54) is 37.7 Å². The van der Waals surface area contributed by atoms with Crippen LogP contribution in [-0.2, 0) is 9.53 Å². The topological polar surface area (TPSA) is 266 Å². The van der Waals surface area contributed by atoms with E-state index in [-0.39, 0.29) is 53.3 Å². The largest absolute Gasteiger partial charge is 0.507 e. The molecule has 0 saturated carbocycles. The predicted molar refractivity (Wildman–Crippen MR) is 170 cm³/mol. The van der Waals surface area contributed by atoms with Gasteiger partial charge in [0.2, 0.25) is 12.0 Å². The Hall–Kier alpha value is -5.33. The monoisotopic (exact) mass is 680 g/mol. The number of carbonyl (C=O) groups is 1. The van der Waals surface area contributed by atoms with Crippen molar-refractivity contribution in [1.82, 2.24) is 0 Å². The van der Waals surface area contributed by atoms with Gasteiger partial charge in [-0.1, -0.05) is 12.1 Å². The third-order valence-corrected chi connectivity index (χ3v) is 8.22. The number of aliphatic carboxylic acids is 1. The highest BCUT2D eigenvalue weighted by Gasteiger charge is 2.59. The van der Waals surface area contributed by atoms with Crippen LogP contribution in [0.5, 0.6) is 28.7 Å². The fourth-order valence-corrected chi connectivity index (χ4v) is 5.73. The van der Waals surface area contributed by atoms with Crippen LogP contribution in [0.15, 0.2) is 63.5 Å². The third-order valence-electron chi connectivity index (χ3n) is 8.22. The van der Waals surface area contributed by atoms with Gasteiger partial charge in [0.1, 0.15) is 71.6 Å². The molecule has 0 bridgehead atoms. The van der Waals surface area contributed by atoms with E-state index >= 15 is 0 Å². The van der Waals surface area contributed by atoms with Crippen molar-refractivity contribution in [2.24, 2.45) is 15.0 Å². The molecule has 0 radical (unpaired) electrons. The highest BCUT2D eigenvalue weighted by atomic mass is 16.7. The van der Waals surface area contributed by atoms with Crippen molar-refractivity contribution in [3.05, 3.63) is 59.7 Å². The number of fused-ring (bicyclic) bond motifs is 1. The number of hydrogen-bond donors (Lipinski definition) is 8. The summed E-state index contributed by atoms with van der Waals surface area (Å²) in [5.74, 6) is -2.93. The van der Waals surface area contributed by atoms with Gasteiger partial charge in [0.25, 0.3) is 0 Å². The Balaban J connectivity index is 1.20. The van der Waals surface area contributed by atoms with E-state index in [1.54, 1.807) is 24.3 Å². The minimum atomic E-state index is -2.50. The zero-order chi connectivity index (χ0) is 35.0. The van der Waals surface area contributed by atoms with Crippen LogP contribution in [-0.4, -0.2) is 122 Å². The molecule has 17 nitrogen and oxygen atoms in total. The van der Waals surface area contributed by atoms with Crippen molar-refractivity contribution < 1.29 is 64.2 Å². The van der Waals surface area contributed by atoms with Crippen LogP contribution >= 0.6 is 0 Å². The molecule has 0 amide bonds. The summed E-state index contributed by atoms with van der Waals surface area (Å²) in [5, 5.41) is 82.6. The molecule has 0 aromatic heterocycles. The number of aliphatic hydroxyl groups is 5. The molecule has 2 aromatic carbocycles. The first-order valence-corrected chi connectivity index (χ1v) is 14.8. The number of methoxy groups -OCH3 is 1. The molecule has 49 heavy (non-hydrogen) atoms. The standard InChI is InChI=1S/C32H32N4O13/c1-45-27-22(48-31-26(40)28(41)32(44,29(49-31)30(42)43)10-15-11-34-13-35-15)9-21-24(25(27)39)18(37)8-20(47-21)14-2-4-16(5-3-14)46-12-19(38)17-6-7-23(33)36-17/h2-9,13,19-20,26,28-29,31,33,37-41,44H,10-12H2,1H3,(H,42,43)/t19-,20?,26+,28-,29+,31+,32-/m0/s1. The second-order valence-corrected chi connectivity index (χ2v) is 11.5. The maximum absolute atomic E-state index is 12.2. The van der Waals surface area contributed by atoms with Crippen LogP contribution in [0.3, 0.4) is 0 Å². The molecule has 8 N–H and O–H groups in total. The molecule has 4 aliphatic heterocycles. The Morgan fingerprint density at radius 2 is 1.94 bits per heavy atom. The summed E-state index contributed by atoms with van der Waals surface area (Å²) in [4.78, 5) is 23.9. The first-order chi connectivity index (χ1) is 23.4. The van der Waals surface area contributed by atoms with Gasteiger partial charge in [0.15, 0.2) is 17.6 Å². The Labute approximate surface area is 277 Å². The Morgan fingerprint density at radius 3 is 2.57 bits per heavy atom. The van der Waals surface area contributed by atoms with Crippen LogP contribution in [0, 0.1) is 5.41 Å². The third kappa shape index (κ3) is 6.44. The molecule has 1 fully saturated rings. The summed E-state index contributed by atoms with van der Waals surface area (Å²) in [6.45, 7) is -0.0454. The summed E-state index contributed by atoms with van der Waals surface area (Å²) in [7, 11) is 1.18. The van der Waals surface area contributed by atoms with Gasteiger partial charge in [0, 0.05) is 24.3 Å². The second kappa shape index (κ2) is 13.3. The van der Waals surface area contributed by atoms with Crippen LogP contribution < -0.4 is 18.9 Å². The van der Waals surface area contributed by atoms with Gasteiger partial charge in [-0.25, -0.2) is 14.8 Å². The molecule has 1 saturated heterocycles. The smallest absolute Gasteiger partial charge is 0.336 e. The van der Waals surface area contributed by atoms with Crippen molar-refractivity contribution in [2.45, 2.75) is 48.8 Å². The minimum absolute atomic E-state index is 0.0368. The lowest BCUT2D eigenvalue weighted by Crippen LogP contribution is -2.69. The van der Waals surface area contributed by atoms with Crippen molar-refractivity contribution in [3.8, 4) is 28.7 Å². The number of nitrogens with one attached hydrogen (secondary N) is 1. The van der Waals surface area contributed by atoms with E-state index in [1.807, 2.05) is 0 Å². The van der Waals surface area contributed by atoms with Crippen LogP contribution in [0.25, 0.3) is 5.76 Å².